The van der Waals surface area contributed by atoms with E-state index < -0.39 is 37.1 Å². The second-order valence-corrected chi connectivity index (χ2v) is 4.56. The van der Waals surface area contributed by atoms with E-state index in [-0.39, 0.29) is 6.42 Å². The van der Waals surface area contributed by atoms with Gasteiger partial charge in [0.2, 0.25) is 0 Å². The Morgan fingerprint density at radius 3 is 2.47 bits per heavy atom. The Hall–Kier alpha value is 0.656. The van der Waals surface area contributed by atoms with E-state index in [0.29, 0.717) is 6.61 Å². The van der Waals surface area contributed by atoms with Crippen LogP contribution in [0.5, 0.6) is 0 Å². The van der Waals surface area contributed by atoms with Crippen molar-refractivity contribution < 1.29 is 27.9 Å². The van der Waals surface area contributed by atoms with Crippen molar-refractivity contribution >= 4 is 25.5 Å². The van der Waals surface area contributed by atoms with Crippen molar-refractivity contribution in [3.05, 3.63) is 0 Å². The van der Waals surface area contributed by atoms with E-state index in [1.165, 1.54) is 0 Å². The monoisotopic (exact) mass is 417 g/mol. The standard InChI is InChI=1S/C8H15O6.Po.H/c9-2-4-1-5(11)7(12)8(13)6(3-10)14-4;;/h4-8,10-13H,1-3H2;;/q-1;+1;. The normalized spacial score (nSPS) is 42.6. The van der Waals surface area contributed by atoms with Gasteiger partial charge in [-0.25, -0.2) is 0 Å². The van der Waals surface area contributed by atoms with Gasteiger partial charge in [0, 0.05) is 0 Å². The molecule has 0 bridgehead atoms. The molecule has 0 spiro atoms. The van der Waals surface area contributed by atoms with Crippen LogP contribution in [0.25, 0.3) is 0 Å². The Labute approximate surface area is 104 Å². The molecule has 0 aliphatic carbocycles. The Balaban J connectivity index is 2.68. The molecule has 0 radical (unpaired) electrons. The molecule has 1 fully saturated rings. The summed E-state index contributed by atoms with van der Waals surface area (Å²) in [5.41, 5.74) is 0. The number of hydrogen-bond acceptors (Lipinski definition) is 6. The summed E-state index contributed by atoms with van der Waals surface area (Å²) in [5.74, 6) is 0. The molecule has 1 heterocycles. The summed E-state index contributed by atoms with van der Waals surface area (Å²) in [6, 6.07) is 0. The number of rotatable bonds is 3. The third-order valence-electron chi connectivity index (χ3n) is 2.44. The van der Waals surface area contributed by atoms with Gasteiger partial charge < -0.3 is 0 Å². The Morgan fingerprint density at radius 1 is 1.27 bits per heavy atom. The topological polar surface area (TPSA) is 99.4 Å². The zero-order valence-electron chi connectivity index (χ0n) is 8.06. The van der Waals surface area contributed by atoms with Crippen LogP contribution in [0.2, 0.25) is 0 Å². The second-order valence-electron chi connectivity index (χ2n) is 3.56. The van der Waals surface area contributed by atoms with Crippen LogP contribution in [-0.4, -0.2) is 89.7 Å². The Bertz CT molecular complexity index is 192. The predicted octanol–water partition coefficient (Wildman–Crippen LogP) is -2.95. The van der Waals surface area contributed by atoms with E-state index in [0.717, 1.165) is 25.5 Å². The zero-order chi connectivity index (χ0) is 11.4. The van der Waals surface area contributed by atoms with Crippen LogP contribution < -0.4 is 0 Å². The zero-order valence-corrected chi connectivity index (χ0v) is 11.5. The van der Waals surface area contributed by atoms with Gasteiger partial charge in [-0.1, -0.05) is 0 Å². The van der Waals surface area contributed by atoms with Gasteiger partial charge in [0.1, 0.15) is 0 Å². The molecule has 0 aromatic heterocycles. The molecule has 1 rings (SSSR count). The fraction of sp³-hybridized carbons (Fsp3) is 1.00. The van der Waals surface area contributed by atoms with Gasteiger partial charge >= 0.3 is 104 Å². The van der Waals surface area contributed by atoms with Gasteiger partial charge in [-0.05, 0) is 0 Å². The fourth-order valence-corrected chi connectivity index (χ4v) is 2.23. The molecular formula is C8H16O6Po. The van der Waals surface area contributed by atoms with Crippen LogP contribution in [0.15, 0.2) is 0 Å². The number of aliphatic hydroxyl groups is 4. The fourth-order valence-electron chi connectivity index (χ4n) is 1.58. The van der Waals surface area contributed by atoms with Crippen LogP contribution in [0.1, 0.15) is 6.42 Å². The molecule has 5 unspecified atom stereocenters. The Morgan fingerprint density at radius 2 is 1.93 bits per heavy atom. The molecule has 6 nitrogen and oxygen atoms in total. The molecule has 1 aliphatic heterocycles. The van der Waals surface area contributed by atoms with Crippen molar-refractivity contribution in [3.63, 3.8) is 0 Å². The first-order valence-electron chi connectivity index (χ1n) is 4.67. The van der Waals surface area contributed by atoms with Crippen LogP contribution in [-0.2, 0) is 7.51 Å². The first-order chi connectivity index (χ1) is 7.10. The van der Waals surface area contributed by atoms with Crippen molar-refractivity contribution in [1.29, 1.82) is 0 Å². The van der Waals surface area contributed by atoms with Gasteiger partial charge in [-0.15, -0.1) is 0 Å². The van der Waals surface area contributed by atoms with Gasteiger partial charge in [0.25, 0.3) is 0 Å². The summed E-state index contributed by atoms with van der Waals surface area (Å²) in [6.07, 6.45) is -4.73. The maximum atomic E-state index is 9.55. The number of hydrogen-bond donors (Lipinski definition) is 4. The van der Waals surface area contributed by atoms with E-state index in [1.807, 2.05) is 0 Å². The third kappa shape index (κ3) is 3.57. The van der Waals surface area contributed by atoms with E-state index in [2.05, 4.69) is 0 Å². The predicted molar refractivity (Wildman–Crippen MR) is 51.5 cm³/mol. The molecule has 1 aliphatic rings. The van der Waals surface area contributed by atoms with Crippen LogP contribution in [0, 0.1) is 0 Å². The van der Waals surface area contributed by atoms with Gasteiger partial charge in [-0.2, -0.15) is 0 Å². The van der Waals surface area contributed by atoms with Crippen LogP contribution in [0.4, 0.5) is 0 Å². The quantitative estimate of drug-likeness (QED) is 0.392. The molecule has 4 N–H and O–H groups in total. The molecule has 0 aromatic rings. The summed E-state index contributed by atoms with van der Waals surface area (Å²) in [6.45, 7) is -0.110. The molecule has 0 saturated carbocycles. The van der Waals surface area contributed by atoms with Crippen molar-refractivity contribution in [2.75, 3.05) is 13.2 Å². The minimum atomic E-state index is -1.29. The van der Waals surface area contributed by atoms with E-state index in [9.17, 15) is 15.3 Å². The van der Waals surface area contributed by atoms with Gasteiger partial charge in [0.15, 0.2) is 0 Å². The molecule has 7 heteroatoms. The SMILES string of the molecule is OCC1OC(C[O][PoH])CC(O)C(O)C1O. The van der Waals surface area contributed by atoms with Crippen molar-refractivity contribution in [2.45, 2.75) is 36.9 Å². The summed E-state index contributed by atoms with van der Waals surface area (Å²) in [5, 5.41) is 37.5. The summed E-state index contributed by atoms with van der Waals surface area (Å²) >= 11 is 0.737. The molecule has 0 amide bonds. The van der Waals surface area contributed by atoms with Crippen molar-refractivity contribution in [2.24, 2.45) is 0 Å². The first kappa shape index (κ1) is 13.7. The van der Waals surface area contributed by atoms with E-state index in [4.69, 9.17) is 12.6 Å². The maximum absolute atomic E-state index is 9.55. The third-order valence-corrected chi connectivity index (χ3v) is 3.02. The number of aliphatic hydroxyl groups excluding tert-OH is 4. The molecular weight excluding hydrogens is 401 g/mol. The minimum absolute atomic E-state index is 0.187. The molecule has 90 valence electrons. The van der Waals surface area contributed by atoms with E-state index in [1.54, 1.807) is 0 Å². The summed E-state index contributed by atoms with van der Waals surface area (Å²) in [7, 11) is 0. The summed E-state index contributed by atoms with van der Waals surface area (Å²) in [4.78, 5) is 0. The first-order valence-corrected chi connectivity index (χ1v) is 6.09. The van der Waals surface area contributed by atoms with E-state index >= 15 is 0 Å². The van der Waals surface area contributed by atoms with Gasteiger partial charge in [0.05, 0.1) is 0 Å². The number of ether oxygens (including phenoxy) is 1. The second kappa shape index (κ2) is 6.41. The van der Waals surface area contributed by atoms with Crippen LogP contribution in [0.3, 0.4) is 0 Å². The summed E-state index contributed by atoms with van der Waals surface area (Å²) < 4.78 is 10.3. The van der Waals surface area contributed by atoms with Crippen molar-refractivity contribution in [1.82, 2.24) is 0 Å². The van der Waals surface area contributed by atoms with Crippen LogP contribution >= 0.6 is 0 Å². The average Bonchev–Trinajstić information content (AvgIpc) is 2.31. The average molecular weight is 417 g/mol. The molecule has 5 atom stereocenters. The van der Waals surface area contributed by atoms with Crippen molar-refractivity contribution in [3.8, 4) is 0 Å². The Kier molecular flexibility index (Phi) is 5.86. The van der Waals surface area contributed by atoms with Gasteiger partial charge in [-0.3, -0.25) is 0 Å². The molecule has 1 saturated heterocycles. The molecule has 0 aromatic carbocycles. The molecule has 15 heavy (non-hydrogen) atoms.